The molecule has 1 aromatic carbocycles. The normalized spacial score (nSPS) is 21.1. The Kier molecular flexibility index (Phi) is 3.97. The van der Waals surface area contributed by atoms with Crippen molar-refractivity contribution in [3.63, 3.8) is 0 Å². The van der Waals surface area contributed by atoms with Gasteiger partial charge in [0, 0.05) is 6.54 Å². The van der Waals surface area contributed by atoms with Gasteiger partial charge in [0.25, 0.3) is 0 Å². The van der Waals surface area contributed by atoms with Crippen molar-refractivity contribution in [3.05, 3.63) is 29.0 Å². The van der Waals surface area contributed by atoms with E-state index in [1.54, 1.807) is 0 Å². The zero-order valence-corrected chi connectivity index (χ0v) is 13.1. The van der Waals surface area contributed by atoms with Gasteiger partial charge in [0.1, 0.15) is 5.82 Å². The molecule has 2 nitrogen and oxygen atoms in total. The lowest BCUT2D eigenvalue weighted by molar-refractivity contribution is 0.488. The Hall–Kier alpha value is -0.380. The van der Waals surface area contributed by atoms with Crippen LogP contribution in [0, 0.1) is 5.92 Å². The fourth-order valence-corrected chi connectivity index (χ4v) is 4.34. The second kappa shape index (κ2) is 5.55. The fraction of sp³-hybridized carbons (Fsp3) is 0.500. The third kappa shape index (κ3) is 2.61. The SMILES string of the molecule is CC(Cl)c1nc2cccc(Cl)c2n1CC1CCSC1. The maximum atomic E-state index is 6.36. The Morgan fingerprint density at radius 3 is 3.05 bits per heavy atom. The summed E-state index contributed by atoms with van der Waals surface area (Å²) in [5.74, 6) is 4.12. The van der Waals surface area contributed by atoms with Gasteiger partial charge in [-0.1, -0.05) is 17.7 Å². The molecule has 3 rings (SSSR count). The number of fused-ring (bicyclic) bond motifs is 1. The van der Waals surface area contributed by atoms with E-state index in [2.05, 4.69) is 9.55 Å². The van der Waals surface area contributed by atoms with Crippen molar-refractivity contribution >= 4 is 46.0 Å². The number of aromatic nitrogens is 2. The molecule has 2 aromatic rings. The standard InChI is InChI=1S/C14H16Cl2N2S/c1-9(15)14-17-12-4-2-3-11(16)13(12)18(14)7-10-5-6-19-8-10/h2-4,9-10H,5-8H2,1H3. The molecule has 1 aliphatic heterocycles. The quantitative estimate of drug-likeness (QED) is 0.761. The molecule has 2 atom stereocenters. The van der Waals surface area contributed by atoms with Crippen LogP contribution in [0.2, 0.25) is 5.02 Å². The molecule has 1 aliphatic rings. The highest BCUT2D eigenvalue weighted by Crippen LogP contribution is 2.32. The first-order chi connectivity index (χ1) is 9.16. The molecule has 1 saturated heterocycles. The fourth-order valence-electron chi connectivity index (χ4n) is 2.63. The van der Waals surface area contributed by atoms with Crippen molar-refractivity contribution in [1.29, 1.82) is 0 Å². The summed E-state index contributed by atoms with van der Waals surface area (Å²) in [6.07, 6.45) is 1.27. The molecule has 0 N–H and O–H groups in total. The number of hydrogen-bond acceptors (Lipinski definition) is 2. The number of thioether (sulfide) groups is 1. The second-order valence-corrected chi connectivity index (χ2v) is 7.25. The van der Waals surface area contributed by atoms with Gasteiger partial charge in [-0.3, -0.25) is 0 Å². The number of alkyl halides is 1. The van der Waals surface area contributed by atoms with Gasteiger partial charge < -0.3 is 4.57 Å². The Morgan fingerprint density at radius 1 is 1.53 bits per heavy atom. The largest absolute Gasteiger partial charge is 0.325 e. The summed E-state index contributed by atoms with van der Waals surface area (Å²) in [5, 5.41) is 0.664. The molecule has 0 amide bonds. The summed E-state index contributed by atoms with van der Waals surface area (Å²) in [4.78, 5) is 4.65. The molecule has 0 spiro atoms. The first-order valence-corrected chi connectivity index (χ1v) is 8.50. The predicted molar refractivity (Wildman–Crippen MR) is 84.4 cm³/mol. The molecule has 0 saturated carbocycles. The first-order valence-electron chi connectivity index (χ1n) is 6.53. The van der Waals surface area contributed by atoms with E-state index in [-0.39, 0.29) is 5.38 Å². The average Bonchev–Trinajstić information content (AvgIpc) is 2.98. The molecule has 5 heteroatoms. The van der Waals surface area contributed by atoms with Gasteiger partial charge in [0.15, 0.2) is 0 Å². The number of nitrogens with zero attached hydrogens (tertiary/aromatic N) is 2. The Balaban J connectivity index is 2.09. The van der Waals surface area contributed by atoms with Crippen molar-refractivity contribution in [2.75, 3.05) is 11.5 Å². The summed E-state index contributed by atoms with van der Waals surface area (Å²) >= 11 is 14.7. The van der Waals surface area contributed by atoms with E-state index in [1.165, 1.54) is 17.9 Å². The van der Waals surface area contributed by atoms with E-state index in [9.17, 15) is 0 Å². The minimum absolute atomic E-state index is 0.0995. The van der Waals surface area contributed by atoms with Crippen LogP contribution >= 0.6 is 35.0 Å². The lowest BCUT2D eigenvalue weighted by atomic mass is 10.1. The number of halogens is 2. The van der Waals surface area contributed by atoms with Gasteiger partial charge in [-0.25, -0.2) is 4.98 Å². The summed E-state index contributed by atoms with van der Waals surface area (Å²) in [6.45, 7) is 2.94. The lowest BCUT2D eigenvalue weighted by Gasteiger charge is -2.15. The zero-order chi connectivity index (χ0) is 13.4. The average molecular weight is 315 g/mol. The Labute approximate surface area is 127 Å². The minimum Gasteiger partial charge on any atom is -0.325 e. The van der Waals surface area contributed by atoms with Crippen LogP contribution in [0.15, 0.2) is 18.2 Å². The molecule has 0 radical (unpaired) electrons. The summed E-state index contributed by atoms with van der Waals surface area (Å²) in [6, 6.07) is 5.87. The van der Waals surface area contributed by atoms with E-state index in [0.717, 1.165) is 28.4 Å². The zero-order valence-electron chi connectivity index (χ0n) is 10.8. The topological polar surface area (TPSA) is 17.8 Å². The summed E-state index contributed by atoms with van der Waals surface area (Å²) in [5.41, 5.74) is 1.98. The van der Waals surface area contributed by atoms with Crippen LogP contribution in [0.3, 0.4) is 0 Å². The highest BCUT2D eigenvalue weighted by Gasteiger charge is 2.22. The minimum atomic E-state index is -0.0995. The maximum Gasteiger partial charge on any atom is 0.127 e. The third-order valence-electron chi connectivity index (χ3n) is 3.57. The predicted octanol–water partition coefficient (Wildman–Crippen LogP) is 4.74. The lowest BCUT2D eigenvalue weighted by Crippen LogP contribution is -2.13. The van der Waals surface area contributed by atoms with Crippen LogP contribution in [0.25, 0.3) is 11.0 Å². The monoisotopic (exact) mass is 314 g/mol. The Bertz CT molecular complexity index is 588. The van der Waals surface area contributed by atoms with Crippen LogP contribution in [0.4, 0.5) is 0 Å². The number of para-hydroxylation sites is 1. The molecule has 1 fully saturated rings. The van der Waals surface area contributed by atoms with Crippen molar-refractivity contribution in [1.82, 2.24) is 9.55 Å². The van der Waals surface area contributed by atoms with Crippen molar-refractivity contribution < 1.29 is 0 Å². The number of benzene rings is 1. The van der Waals surface area contributed by atoms with Crippen LogP contribution < -0.4 is 0 Å². The van der Waals surface area contributed by atoms with Gasteiger partial charge >= 0.3 is 0 Å². The van der Waals surface area contributed by atoms with Crippen LogP contribution in [-0.4, -0.2) is 21.1 Å². The number of rotatable bonds is 3. The second-order valence-electron chi connectivity index (χ2n) is 5.03. The first kappa shape index (κ1) is 13.6. The van der Waals surface area contributed by atoms with Crippen molar-refractivity contribution in [2.24, 2.45) is 5.92 Å². The van der Waals surface area contributed by atoms with Gasteiger partial charge in [0.2, 0.25) is 0 Å². The summed E-state index contributed by atoms with van der Waals surface area (Å²) < 4.78 is 2.23. The third-order valence-corrected chi connectivity index (χ3v) is 5.30. The van der Waals surface area contributed by atoms with Crippen LogP contribution in [-0.2, 0) is 6.54 Å². The molecule has 0 aliphatic carbocycles. The smallest absolute Gasteiger partial charge is 0.127 e. The van der Waals surface area contributed by atoms with Crippen LogP contribution in [0.5, 0.6) is 0 Å². The van der Waals surface area contributed by atoms with Gasteiger partial charge in [-0.05, 0) is 42.9 Å². The Morgan fingerprint density at radius 2 is 2.37 bits per heavy atom. The van der Waals surface area contributed by atoms with Crippen molar-refractivity contribution in [3.8, 4) is 0 Å². The molecule has 2 heterocycles. The van der Waals surface area contributed by atoms with E-state index >= 15 is 0 Å². The van der Waals surface area contributed by atoms with E-state index in [1.807, 2.05) is 36.9 Å². The number of hydrogen-bond donors (Lipinski definition) is 0. The number of imidazole rings is 1. The van der Waals surface area contributed by atoms with E-state index in [0.29, 0.717) is 5.92 Å². The van der Waals surface area contributed by atoms with E-state index in [4.69, 9.17) is 23.2 Å². The molecule has 2 unspecified atom stereocenters. The van der Waals surface area contributed by atoms with Gasteiger partial charge in [0.05, 0.1) is 21.4 Å². The summed E-state index contributed by atoms with van der Waals surface area (Å²) in [7, 11) is 0. The molecular formula is C14H16Cl2N2S. The highest BCUT2D eigenvalue weighted by molar-refractivity contribution is 7.99. The molecule has 1 aromatic heterocycles. The van der Waals surface area contributed by atoms with Gasteiger partial charge in [-0.2, -0.15) is 11.8 Å². The molecule has 19 heavy (non-hydrogen) atoms. The molecule has 102 valence electrons. The molecular weight excluding hydrogens is 299 g/mol. The molecule has 0 bridgehead atoms. The van der Waals surface area contributed by atoms with Gasteiger partial charge in [-0.15, -0.1) is 11.6 Å². The maximum absolute atomic E-state index is 6.36. The van der Waals surface area contributed by atoms with Crippen LogP contribution in [0.1, 0.15) is 24.5 Å². The van der Waals surface area contributed by atoms with E-state index < -0.39 is 0 Å². The van der Waals surface area contributed by atoms with Crippen molar-refractivity contribution in [2.45, 2.75) is 25.3 Å². The highest BCUT2D eigenvalue weighted by atomic mass is 35.5.